The Hall–Kier alpha value is -4.75. The van der Waals surface area contributed by atoms with Crippen LogP contribution >= 0.6 is 0 Å². The number of carbonyl (C=O) groups is 2. The third-order valence-corrected chi connectivity index (χ3v) is 8.88. The molecule has 1 saturated heterocycles. The van der Waals surface area contributed by atoms with E-state index in [2.05, 4.69) is 40.8 Å². The minimum absolute atomic E-state index is 0.102. The molecule has 0 radical (unpaired) electrons. The molecule has 1 aliphatic heterocycles. The number of rotatable bonds is 10. The summed E-state index contributed by atoms with van der Waals surface area (Å²) in [7, 11) is 0. The van der Waals surface area contributed by atoms with Crippen LogP contribution in [-0.2, 0) is 16.0 Å². The molecule has 45 heavy (non-hydrogen) atoms. The van der Waals surface area contributed by atoms with Gasteiger partial charge in [0.15, 0.2) is 0 Å². The fourth-order valence-electron chi connectivity index (χ4n) is 6.28. The predicted octanol–water partition coefficient (Wildman–Crippen LogP) is 1.93. The Kier molecular flexibility index (Phi) is 9.36. The number of piperazine rings is 1. The van der Waals surface area contributed by atoms with Gasteiger partial charge in [-0.05, 0) is 78.8 Å². The lowest BCUT2D eigenvalue weighted by Crippen LogP contribution is -2.52. The van der Waals surface area contributed by atoms with Crippen LogP contribution in [0.1, 0.15) is 31.2 Å². The Morgan fingerprint density at radius 1 is 0.956 bits per heavy atom. The van der Waals surface area contributed by atoms with Crippen LogP contribution in [0.25, 0.3) is 22.5 Å². The first-order valence-corrected chi connectivity index (χ1v) is 15.5. The molecule has 1 atom stereocenters. The fraction of sp³-hybridized carbons (Fsp3) is 0.406. The molecule has 2 fully saturated rings. The van der Waals surface area contributed by atoms with E-state index in [0.717, 1.165) is 74.1 Å². The van der Waals surface area contributed by atoms with Gasteiger partial charge in [0.25, 0.3) is 0 Å². The lowest BCUT2D eigenvalue weighted by molar-refractivity contribution is -0.127. The first kappa shape index (κ1) is 30.3. The summed E-state index contributed by atoms with van der Waals surface area (Å²) in [5.74, 6) is 0.675. The van der Waals surface area contributed by atoms with Gasteiger partial charge >= 0.3 is 0 Å². The molecule has 2 aromatic heterocycles. The molecule has 3 heterocycles. The molecule has 6 N–H and O–H groups in total. The van der Waals surface area contributed by atoms with Crippen molar-refractivity contribution in [3.63, 3.8) is 0 Å². The average molecular weight is 610 g/mol. The maximum atomic E-state index is 14.2. The number of nitrogens with zero attached hydrogens (tertiary/aromatic N) is 7. The van der Waals surface area contributed by atoms with Crippen LogP contribution in [0.4, 0.5) is 11.6 Å². The van der Waals surface area contributed by atoms with Crippen LogP contribution in [0, 0.1) is 11.8 Å². The van der Waals surface area contributed by atoms with E-state index in [0.29, 0.717) is 29.9 Å². The third-order valence-electron chi connectivity index (χ3n) is 8.88. The maximum Gasteiger partial charge on any atom is 0.240 e. The van der Waals surface area contributed by atoms with Gasteiger partial charge in [0.2, 0.25) is 23.6 Å². The summed E-state index contributed by atoms with van der Waals surface area (Å²) in [5.41, 5.74) is 16.0. The van der Waals surface area contributed by atoms with Crippen molar-refractivity contribution in [1.29, 1.82) is 0 Å². The van der Waals surface area contributed by atoms with Crippen molar-refractivity contribution in [3.8, 4) is 22.5 Å². The Morgan fingerprint density at radius 3 is 2.33 bits per heavy atom. The van der Waals surface area contributed by atoms with Gasteiger partial charge in [-0.2, -0.15) is 5.21 Å². The summed E-state index contributed by atoms with van der Waals surface area (Å²) < 4.78 is 0. The van der Waals surface area contributed by atoms with Crippen LogP contribution in [0.2, 0.25) is 0 Å². The Morgan fingerprint density at radius 2 is 1.69 bits per heavy atom. The molecule has 2 aliphatic rings. The summed E-state index contributed by atoms with van der Waals surface area (Å²) in [6.07, 6.45) is 7.12. The molecule has 234 valence electrons. The first-order valence-electron chi connectivity index (χ1n) is 15.5. The van der Waals surface area contributed by atoms with Crippen LogP contribution in [0.3, 0.4) is 0 Å². The normalized spacial score (nSPS) is 19.2. The molecule has 1 aliphatic carbocycles. The zero-order chi connectivity index (χ0) is 31.2. The van der Waals surface area contributed by atoms with Crippen molar-refractivity contribution in [3.05, 3.63) is 66.5 Å². The molecule has 0 spiro atoms. The second-order valence-electron chi connectivity index (χ2n) is 11.8. The molecule has 13 heteroatoms. The number of amides is 2. The molecule has 6 rings (SSSR count). The van der Waals surface area contributed by atoms with Crippen molar-refractivity contribution in [2.24, 2.45) is 23.3 Å². The van der Waals surface area contributed by atoms with Crippen molar-refractivity contribution in [1.82, 2.24) is 35.9 Å². The van der Waals surface area contributed by atoms with E-state index in [-0.39, 0.29) is 18.2 Å². The zero-order valence-corrected chi connectivity index (χ0v) is 25.2. The number of nitrogens with two attached hydrogens (primary N) is 2. The summed E-state index contributed by atoms with van der Waals surface area (Å²) in [4.78, 5) is 40.4. The van der Waals surface area contributed by atoms with Crippen LogP contribution in [0.15, 0.2) is 60.9 Å². The van der Waals surface area contributed by atoms with Gasteiger partial charge in [0.05, 0.1) is 0 Å². The average Bonchev–Trinajstić information content (AvgIpc) is 3.64. The van der Waals surface area contributed by atoms with Crippen molar-refractivity contribution < 1.29 is 9.59 Å². The molecule has 0 unspecified atom stereocenters. The van der Waals surface area contributed by atoms with E-state index in [9.17, 15) is 9.59 Å². The van der Waals surface area contributed by atoms with Crippen molar-refractivity contribution >= 4 is 23.5 Å². The number of primary amides is 1. The molecule has 4 aromatic rings. The number of tetrazole rings is 1. The highest BCUT2D eigenvalue weighted by Crippen LogP contribution is 2.33. The van der Waals surface area contributed by atoms with E-state index >= 15 is 0 Å². The number of nitrogens with one attached hydrogen (secondary N) is 2. The lowest BCUT2D eigenvalue weighted by atomic mass is 9.81. The zero-order valence-electron chi connectivity index (χ0n) is 25.2. The van der Waals surface area contributed by atoms with Gasteiger partial charge in [-0.25, -0.2) is 9.97 Å². The lowest BCUT2D eigenvalue weighted by Gasteiger charge is -2.35. The van der Waals surface area contributed by atoms with Crippen LogP contribution in [0.5, 0.6) is 0 Å². The number of hydrogen-bond donors (Lipinski definition) is 4. The SMILES string of the molecule is NCC1CCC(C(=O)N(c2ccc(-c3nn[nH]n3)cc2)[C@@H](Cc2cccc(-c3cnc(N4CCNCC4)nc3)c2)C(N)=O)CC1. The van der Waals surface area contributed by atoms with Crippen LogP contribution < -0.4 is 26.6 Å². The van der Waals surface area contributed by atoms with E-state index in [1.54, 1.807) is 17.0 Å². The van der Waals surface area contributed by atoms with Crippen molar-refractivity contribution in [2.75, 3.05) is 42.5 Å². The van der Waals surface area contributed by atoms with Gasteiger partial charge in [-0.3, -0.25) is 14.5 Å². The standard InChI is InChI=1S/C32H39N11O2/c33-18-21-4-6-24(7-5-21)31(45)43(27-10-8-23(9-11-27)30-38-40-41-39-30)28(29(34)44)17-22-2-1-3-25(16-22)26-19-36-32(37-20-26)42-14-12-35-13-15-42/h1-3,8-11,16,19-21,24,28,35H,4-7,12-15,17-18,33H2,(H2,34,44)(H,38,39,40,41)/t21?,24?,28-/m0/s1. The van der Waals surface area contributed by atoms with Gasteiger partial charge in [-0.15, -0.1) is 10.2 Å². The predicted molar refractivity (Wildman–Crippen MR) is 171 cm³/mol. The number of H-pyrrole nitrogens is 1. The number of benzene rings is 2. The summed E-state index contributed by atoms with van der Waals surface area (Å²) >= 11 is 0. The van der Waals surface area contributed by atoms with E-state index in [4.69, 9.17) is 11.5 Å². The molecule has 0 bridgehead atoms. The van der Waals surface area contributed by atoms with Gasteiger partial charge < -0.3 is 21.7 Å². The van der Waals surface area contributed by atoms with E-state index in [1.165, 1.54) is 0 Å². The van der Waals surface area contributed by atoms with Gasteiger partial charge in [0.1, 0.15) is 6.04 Å². The Labute approximate surface area is 261 Å². The number of aromatic nitrogens is 6. The molecule has 13 nitrogen and oxygen atoms in total. The fourth-order valence-corrected chi connectivity index (χ4v) is 6.28. The molecular formula is C32H39N11O2. The Bertz CT molecular complexity index is 1560. The number of hydrogen-bond acceptors (Lipinski definition) is 10. The number of anilines is 2. The van der Waals surface area contributed by atoms with Gasteiger partial charge in [0, 0.05) is 67.7 Å². The second kappa shape index (κ2) is 13.9. The Balaban J connectivity index is 1.27. The van der Waals surface area contributed by atoms with Crippen LogP contribution in [-0.4, -0.2) is 81.2 Å². The highest BCUT2D eigenvalue weighted by Gasteiger charge is 2.36. The second-order valence-corrected chi connectivity index (χ2v) is 11.8. The molecular weight excluding hydrogens is 570 g/mol. The number of carbonyl (C=O) groups excluding carboxylic acids is 2. The minimum atomic E-state index is -0.901. The smallest absolute Gasteiger partial charge is 0.240 e. The first-order chi connectivity index (χ1) is 22.0. The highest BCUT2D eigenvalue weighted by molar-refractivity contribution is 6.01. The van der Waals surface area contributed by atoms with E-state index < -0.39 is 11.9 Å². The molecule has 2 amide bonds. The molecule has 1 saturated carbocycles. The minimum Gasteiger partial charge on any atom is -0.368 e. The van der Waals surface area contributed by atoms with Crippen molar-refractivity contribution in [2.45, 2.75) is 38.1 Å². The third kappa shape index (κ3) is 6.99. The maximum absolute atomic E-state index is 14.2. The quantitative estimate of drug-likeness (QED) is 0.207. The molecule has 2 aromatic carbocycles. The topological polar surface area (TPSA) is 185 Å². The van der Waals surface area contributed by atoms with E-state index in [1.807, 2.05) is 48.8 Å². The monoisotopic (exact) mass is 609 g/mol. The summed E-state index contributed by atoms with van der Waals surface area (Å²) in [6.45, 7) is 4.17. The highest BCUT2D eigenvalue weighted by atomic mass is 16.2. The largest absolute Gasteiger partial charge is 0.368 e. The summed E-state index contributed by atoms with van der Waals surface area (Å²) in [6, 6.07) is 14.2. The number of aromatic amines is 1. The summed E-state index contributed by atoms with van der Waals surface area (Å²) in [5, 5.41) is 17.5. The van der Waals surface area contributed by atoms with Gasteiger partial charge in [-0.1, -0.05) is 24.3 Å².